The molecule has 0 aromatic heterocycles. The summed E-state index contributed by atoms with van der Waals surface area (Å²) in [7, 11) is 1.84. The molecule has 0 fully saturated rings. The fraction of sp³-hybridized carbons (Fsp3) is 0.412. The Hall–Kier alpha value is -3.64. The highest BCUT2D eigenvalue weighted by Gasteiger charge is 2.16. The lowest BCUT2D eigenvalue weighted by atomic mass is 10.0. The molecule has 1 atom stereocenters. The average molecular weight is 552 g/mol. The molecular formula is C34H53N3O3. The highest BCUT2D eigenvalue weighted by atomic mass is 16.5. The van der Waals surface area contributed by atoms with Gasteiger partial charge in [-0.25, -0.2) is 0 Å². The van der Waals surface area contributed by atoms with Crippen LogP contribution in [-0.4, -0.2) is 43.0 Å². The highest BCUT2D eigenvalue weighted by Crippen LogP contribution is 2.21. The lowest BCUT2D eigenvalue weighted by Crippen LogP contribution is -2.37. The number of aliphatic hydroxyl groups excluding tert-OH is 1. The van der Waals surface area contributed by atoms with Crippen LogP contribution in [0, 0.1) is 6.92 Å². The third-order valence-corrected chi connectivity index (χ3v) is 5.06. The second-order valence-electron chi connectivity index (χ2n) is 8.41. The average Bonchev–Trinajstić information content (AvgIpc) is 2.96. The lowest BCUT2D eigenvalue weighted by molar-refractivity contribution is 0.0930. The van der Waals surface area contributed by atoms with Crippen molar-refractivity contribution in [2.45, 2.75) is 80.4 Å². The molecule has 222 valence electrons. The van der Waals surface area contributed by atoms with Crippen molar-refractivity contribution >= 4 is 17.8 Å². The summed E-state index contributed by atoms with van der Waals surface area (Å²) >= 11 is 0. The number of aliphatic hydroxyl groups is 1. The first kappa shape index (κ1) is 38.5. The molecule has 0 saturated heterocycles. The van der Waals surface area contributed by atoms with Crippen LogP contribution in [0.5, 0.6) is 5.75 Å². The van der Waals surface area contributed by atoms with Crippen LogP contribution in [0.1, 0.15) is 81.9 Å². The molecule has 6 heteroatoms. The first-order valence-corrected chi connectivity index (χ1v) is 14.2. The van der Waals surface area contributed by atoms with Crippen LogP contribution < -0.4 is 15.4 Å². The third kappa shape index (κ3) is 15.7. The minimum atomic E-state index is -0.175. The van der Waals surface area contributed by atoms with Crippen LogP contribution in [-0.2, 0) is 6.42 Å². The highest BCUT2D eigenvalue weighted by molar-refractivity contribution is 5.94. The molecule has 2 rings (SSSR count). The minimum absolute atomic E-state index is 0.00347. The molecule has 0 unspecified atom stereocenters. The monoisotopic (exact) mass is 551 g/mol. The van der Waals surface area contributed by atoms with Gasteiger partial charge in [-0.1, -0.05) is 77.3 Å². The van der Waals surface area contributed by atoms with E-state index in [-0.39, 0.29) is 24.7 Å². The van der Waals surface area contributed by atoms with Gasteiger partial charge in [0, 0.05) is 43.2 Å². The van der Waals surface area contributed by atoms with Gasteiger partial charge in [-0.05, 0) is 69.9 Å². The van der Waals surface area contributed by atoms with Gasteiger partial charge >= 0.3 is 0 Å². The molecule has 0 radical (unpaired) electrons. The fourth-order valence-corrected chi connectivity index (χ4v) is 3.39. The quantitative estimate of drug-likeness (QED) is 0.188. The van der Waals surface area contributed by atoms with E-state index < -0.39 is 0 Å². The zero-order valence-corrected chi connectivity index (χ0v) is 26.3. The summed E-state index contributed by atoms with van der Waals surface area (Å²) < 4.78 is 5.75. The predicted octanol–water partition coefficient (Wildman–Crippen LogP) is 7.53. The maximum Gasteiger partial charge on any atom is 0.251 e. The lowest BCUT2D eigenvalue weighted by Gasteiger charge is -2.19. The minimum Gasteiger partial charge on any atom is -0.491 e. The van der Waals surface area contributed by atoms with Gasteiger partial charge < -0.3 is 20.5 Å². The second-order valence-corrected chi connectivity index (χ2v) is 8.41. The number of carbonyl (C=O) groups is 1. The molecule has 0 spiro atoms. The van der Waals surface area contributed by atoms with Gasteiger partial charge in [-0.15, -0.1) is 0 Å². The first-order chi connectivity index (χ1) is 19.3. The van der Waals surface area contributed by atoms with Crippen LogP contribution >= 0.6 is 0 Å². The summed E-state index contributed by atoms with van der Waals surface area (Å²) in [5.41, 5.74) is 4.43. The Kier molecular flexibility index (Phi) is 23.5. The molecule has 0 aliphatic rings. The Morgan fingerprint density at radius 3 is 2.05 bits per heavy atom. The molecule has 0 aliphatic carbocycles. The molecule has 0 heterocycles. The number of hydrogen-bond donors (Lipinski definition) is 3. The van der Waals surface area contributed by atoms with Crippen LogP contribution in [0.3, 0.4) is 0 Å². The number of nitrogens with one attached hydrogen (secondary N) is 2. The first-order valence-electron chi connectivity index (χ1n) is 14.2. The summed E-state index contributed by atoms with van der Waals surface area (Å²) in [6.45, 7) is 22.5. The van der Waals surface area contributed by atoms with E-state index in [1.807, 2.05) is 105 Å². The maximum atomic E-state index is 12.8. The van der Waals surface area contributed by atoms with E-state index in [0.29, 0.717) is 18.4 Å². The summed E-state index contributed by atoms with van der Waals surface area (Å²) in [6, 6.07) is 13.4. The molecule has 0 bridgehead atoms. The molecule has 2 aromatic rings. The molecule has 6 nitrogen and oxygen atoms in total. The number of nitrogens with zero attached hydrogens (tertiary/aromatic N) is 1. The Labute approximate surface area is 244 Å². The molecule has 1 amide bonds. The number of rotatable bonds is 12. The van der Waals surface area contributed by atoms with E-state index in [1.165, 1.54) is 0 Å². The van der Waals surface area contributed by atoms with Crippen LogP contribution in [0.2, 0.25) is 0 Å². The van der Waals surface area contributed by atoms with Crippen molar-refractivity contribution in [3.05, 3.63) is 96.2 Å². The van der Waals surface area contributed by atoms with Crippen molar-refractivity contribution in [3.8, 4) is 5.75 Å². The Bertz CT molecular complexity index is 1020. The summed E-state index contributed by atoms with van der Waals surface area (Å²) in [4.78, 5) is 17.2. The number of ether oxygens (including phenoxy) is 1. The number of benzene rings is 2. The third-order valence-electron chi connectivity index (χ3n) is 5.06. The number of aliphatic imine (C=N–C) groups is 1. The van der Waals surface area contributed by atoms with Gasteiger partial charge in [0.2, 0.25) is 0 Å². The normalized spacial score (nSPS) is 11.0. The van der Waals surface area contributed by atoms with Gasteiger partial charge in [0.15, 0.2) is 0 Å². The number of amides is 1. The molecule has 2 aromatic carbocycles. The zero-order valence-electron chi connectivity index (χ0n) is 26.3. The number of aryl methyl sites for hydroxylation is 1. The van der Waals surface area contributed by atoms with Crippen LogP contribution in [0.25, 0.3) is 5.70 Å². The van der Waals surface area contributed by atoms with Gasteiger partial charge in [0.05, 0.1) is 11.8 Å². The van der Waals surface area contributed by atoms with Gasteiger partial charge in [0.25, 0.3) is 5.91 Å². The summed E-state index contributed by atoms with van der Waals surface area (Å²) in [6.07, 6.45) is 8.07. The summed E-state index contributed by atoms with van der Waals surface area (Å²) in [5.74, 6) is 0.624. The maximum absolute atomic E-state index is 12.8. The topological polar surface area (TPSA) is 83.0 Å². The van der Waals surface area contributed by atoms with E-state index in [1.54, 1.807) is 24.4 Å². The van der Waals surface area contributed by atoms with E-state index >= 15 is 0 Å². The van der Waals surface area contributed by atoms with Crippen LogP contribution in [0.4, 0.5) is 0 Å². The predicted molar refractivity (Wildman–Crippen MR) is 174 cm³/mol. The van der Waals surface area contributed by atoms with E-state index in [9.17, 15) is 9.90 Å². The Balaban J connectivity index is 0. The van der Waals surface area contributed by atoms with E-state index in [0.717, 1.165) is 28.1 Å². The second kappa shape index (κ2) is 24.4. The smallest absolute Gasteiger partial charge is 0.251 e. The zero-order chi connectivity index (χ0) is 30.9. The van der Waals surface area contributed by atoms with Gasteiger partial charge in [-0.2, -0.15) is 0 Å². The van der Waals surface area contributed by atoms with Gasteiger partial charge in [-0.3, -0.25) is 9.79 Å². The number of hydrogen-bond acceptors (Lipinski definition) is 5. The van der Waals surface area contributed by atoms with Crippen molar-refractivity contribution in [1.29, 1.82) is 0 Å². The molecule has 3 N–H and O–H groups in total. The fourth-order valence-electron chi connectivity index (χ4n) is 3.39. The molecule has 40 heavy (non-hydrogen) atoms. The van der Waals surface area contributed by atoms with Crippen molar-refractivity contribution < 1.29 is 14.6 Å². The molecule has 0 aliphatic heterocycles. The largest absolute Gasteiger partial charge is 0.491 e. The van der Waals surface area contributed by atoms with Crippen molar-refractivity contribution in [1.82, 2.24) is 10.6 Å². The number of allylic oxidation sites excluding steroid dienone is 2. The number of carbonyl (C=O) groups excluding carboxylic acids is 1. The molecular weight excluding hydrogens is 498 g/mol. The van der Waals surface area contributed by atoms with Crippen LogP contribution in [0.15, 0.2) is 79.0 Å². The van der Waals surface area contributed by atoms with E-state index in [4.69, 9.17) is 4.74 Å². The van der Waals surface area contributed by atoms with Crippen molar-refractivity contribution in [3.63, 3.8) is 0 Å². The Morgan fingerprint density at radius 2 is 1.60 bits per heavy atom. The Morgan fingerprint density at radius 1 is 1.02 bits per heavy atom. The van der Waals surface area contributed by atoms with Crippen molar-refractivity contribution in [2.24, 2.45) is 4.99 Å². The van der Waals surface area contributed by atoms with E-state index in [2.05, 4.69) is 28.8 Å². The van der Waals surface area contributed by atoms with Gasteiger partial charge in [0.1, 0.15) is 5.75 Å². The SMILES string of the molecule is C=CC=C.CC.CC.CC=N/C(=C\NC)c1ccc(C[C@@H](CCO)NC(=O)c2ccc(OC(C)C)c(C)c2)cc1. The standard InChI is InChI=1S/C26H35N3O3.C4H6.2C2H6/c1-6-28-24(17-27-5)21-9-7-20(8-10-21)16-23(13-14-30)29-26(31)22-11-12-25(19(4)15-22)32-18(2)3;1-3-4-2;2*1-2/h6-12,15,17-18,23,27,30H,13-14,16H2,1-5H3,(H,29,31);3-4H,1-2H2;2*1-2H3/b24-17-,28-6?;;;/t23-;;;/m1.../s1. The molecule has 0 saturated carbocycles. The van der Waals surface area contributed by atoms with Crippen molar-refractivity contribution in [2.75, 3.05) is 13.7 Å². The summed E-state index contributed by atoms with van der Waals surface area (Å²) in [5, 5.41) is 15.6.